The Morgan fingerprint density at radius 1 is 0.685 bits per heavy atom. The van der Waals surface area contributed by atoms with E-state index in [4.69, 9.17) is 47.4 Å². The molecule has 420 valence electrons. The van der Waals surface area contributed by atoms with E-state index in [2.05, 4.69) is 20.8 Å². The van der Waals surface area contributed by atoms with Crippen LogP contribution in [0.5, 0.6) is 0 Å². The van der Waals surface area contributed by atoms with Crippen molar-refractivity contribution in [3.63, 3.8) is 0 Å². The molecule has 0 aromatic heterocycles. The largest absolute Gasteiger partial charge is 0.394 e. The van der Waals surface area contributed by atoms with E-state index in [0.29, 0.717) is 38.5 Å². The molecule has 4 saturated carbocycles. The summed E-state index contributed by atoms with van der Waals surface area (Å²) >= 11 is 0. The zero-order valence-corrected chi connectivity index (χ0v) is 42.3. The summed E-state index contributed by atoms with van der Waals surface area (Å²) in [5.41, 5.74) is -0.428. The summed E-state index contributed by atoms with van der Waals surface area (Å²) in [7, 11) is 1.69. The van der Waals surface area contributed by atoms with E-state index in [1.807, 2.05) is 6.92 Å². The Balaban J connectivity index is 0.821. The Morgan fingerprint density at radius 3 is 2.00 bits per heavy atom. The van der Waals surface area contributed by atoms with Crippen LogP contribution in [-0.2, 0) is 52.2 Å². The van der Waals surface area contributed by atoms with Crippen LogP contribution in [0.25, 0.3) is 0 Å². The van der Waals surface area contributed by atoms with E-state index in [9.17, 15) is 66.1 Å². The molecule has 9 aliphatic rings. The van der Waals surface area contributed by atoms with Crippen molar-refractivity contribution >= 4 is 5.78 Å². The lowest BCUT2D eigenvalue weighted by molar-refractivity contribution is -0.361. The van der Waals surface area contributed by atoms with Crippen molar-refractivity contribution < 1.29 is 113 Å². The van der Waals surface area contributed by atoms with Gasteiger partial charge in [-0.25, -0.2) is 0 Å². The molecule has 5 saturated heterocycles. The van der Waals surface area contributed by atoms with Gasteiger partial charge in [0.25, 0.3) is 0 Å². The minimum Gasteiger partial charge on any atom is -0.394 e. The number of aliphatic hydroxyl groups excluding tert-OH is 12. The van der Waals surface area contributed by atoms with Crippen LogP contribution >= 0.6 is 0 Å². The van der Waals surface area contributed by atoms with Gasteiger partial charge in [-0.05, 0) is 85.4 Å². The number of Topliss-reactive ketones (excluding diaryl/α,β-unsaturated/α-hetero) is 1. The topological polar surface area (TPSA) is 352 Å². The second kappa shape index (κ2) is 22.1. The average molecular weight is 1050 g/mol. The van der Waals surface area contributed by atoms with Crippen LogP contribution in [0.4, 0.5) is 0 Å². The number of carbonyl (C=O) groups excluding carboxylic acids is 1. The normalized spacial score (nSPS) is 54.6. The van der Waals surface area contributed by atoms with E-state index >= 15 is 0 Å². The first kappa shape index (κ1) is 56.5. The van der Waals surface area contributed by atoms with Crippen molar-refractivity contribution in [3.05, 3.63) is 0 Å². The van der Waals surface area contributed by atoms with Gasteiger partial charge in [-0.2, -0.15) is 0 Å². The van der Waals surface area contributed by atoms with Crippen molar-refractivity contribution in [2.75, 3.05) is 40.1 Å². The maximum Gasteiger partial charge on any atom is 0.186 e. The molecule has 9 fully saturated rings. The highest BCUT2D eigenvalue weighted by molar-refractivity contribution is 5.83. The van der Waals surface area contributed by atoms with Crippen LogP contribution < -0.4 is 0 Å². The summed E-state index contributed by atoms with van der Waals surface area (Å²) < 4.78 is 59.8. The molecule has 5 heterocycles. The monoisotopic (exact) mass is 1050 g/mol. The van der Waals surface area contributed by atoms with E-state index in [-0.39, 0.29) is 77.4 Å². The Bertz CT molecular complexity index is 1870. The van der Waals surface area contributed by atoms with Gasteiger partial charge in [0.05, 0.1) is 45.2 Å². The first-order chi connectivity index (χ1) is 34.6. The third-order valence-corrected chi connectivity index (χ3v) is 19.4. The Hall–Kier alpha value is -1.21. The van der Waals surface area contributed by atoms with Crippen LogP contribution in [0.3, 0.4) is 0 Å². The van der Waals surface area contributed by atoms with Gasteiger partial charge in [-0.3, -0.25) is 4.79 Å². The quantitative estimate of drug-likeness (QED) is 0.0735. The summed E-state index contributed by atoms with van der Waals surface area (Å²) in [5, 5.41) is 125. The van der Waals surface area contributed by atoms with Crippen molar-refractivity contribution in [1.82, 2.24) is 0 Å². The predicted molar refractivity (Wildman–Crippen MR) is 245 cm³/mol. The second-order valence-electron chi connectivity index (χ2n) is 23.5. The number of hydrogen-bond acceptors (Lipinski definition) is 23. The van der Waals surface area contributed by atoms with Crippen LogP contribution in [0.15, 0.2) is 0 Å². The summed E-state index contributed by atoms with van der Waals surface area (Å²) in [5.74, 6) is -0.121. The van der Waals surface area contributed by atoms with E-state index < -0.39 is 142 Å². The molecule has 1 unspecified atom stereocenters. The minimum atomic E-state index is -1.75. The van der Waals surface area contributed by atoms with Crippen LogP contribution in [0, 0.1) is 52.3 Å². The molecule has 73 heavy (non-hydrogen) atoms. The zero-order valence-electron chi connectivity index (χ0n) is 42.3. The van der Waals surface area contributed by atoms with Gasteiger partial charge in [0.15, 0.2) is 30.9 Å². The van der Waals surface area contributed by atoms with E-state index in [1.54, 1.807) is 7.11 Å². The average Bonchev–Trinajstić information content (AvgIpc) is 3.83. The van der Waals surface area contributed by atoms with Gasteiger partial charge >= 0.3 is 0 Å². The zero-order chi connectivity index (χ0) is 52.6. The molecular formula is C50H82O23. The molecule has 23 nitrogen and oxygen atoms in total. The molecule has 0 aromatic carbocycles. The maximum absolute atomic E-state index is 14.6. The van der Waals surface area contributed by atoms with Crippen LogP contribution in [0.1, 0.15) is 85.5 Å². The number of hydrogen-bond donors (Lipinski definition) is 12. The molecule has 30 atom stereocenters. The predicted octanol–water partition coefficient (Wildman–Crippen LogP) is -2.84. The maximum atomic E-state index is 14.6. The summed E-state index contributed by atoms with van der Waals surface area (Å²) in [6.07, 6.45) is -21.5. The lowest BCUT2D eigenvalue weighted by Gasteiger charge is -2.60. The van der Waals surface area contributed by atoms with Crippen molar-refractivity contribution in [2.24, 2.45) is 52.3 Å². The molecule has 0 spiro atoms. The number of ether oxygens (including phenoxy) is 10. The van der Waals surface area contributed by atoms with Crippen molar-refractivity contribution in [3.8, 4) is 0 Å². The van der Waals surface area contributed by atoms with E-state index in [1.165, 1.54) is 0 Å². The fourth-order valence-electron chi connectivity index (χ4n) is 15.1. The SMILES string of the molecule is COC1(CC[C@@H](C)CO[C@@H]2O[C@H](CO)[C@@H](O)[C@H](O)[C@H]2O)O[C@H]2C[C@H]3[C@@H]4CC(=O)[C@H]5C[C@@H](O[C@@H]6O[C@H](CO[C@@H]7OC[C@H](O)[C@H](O)[C@H]7O)[C@@H](O[C@@H]7OC[C@@H](O)[C@H](O)[C@H]7O)[C@H](O)[C@H]6O)CC[C@]5(C)[C@H]4CC[C@]3(C)[C@H]2[C@@H]1C. The Kier molecular flexibility index (Phi) is 17.1. The van der Waals surface area contributed by atoms with Gasteiger partial charge in [-0.15, -0.1) is 0 Å². The van der Waals surface area contributed by atoms with Crippen molar-refractivity contribution in [1.29, 1.82) is 0 Å². The van der Waals surface area contributed by atoms with Gasteiger partial charge in [0, 0.05) is 31.8 Å². The highest BCUT2D eigenvalue weighted by Gasteiger charge is 2.70. The van der Waals surface area contributed by atoms with Gasteiger partial charge in [0.2, 0.25) is 0 Å². The minimum absolute atomic E-state index is 0.0236. The van der Waals surface area contributed by atoms with Gasteiger partial charge < -0.3 is 109 Å². The molecule has 5 aliphatic heterocycles. The number of ketones is 1. The smallest absolute Gasteiger partial charge is 0.186 e. The first-order valence-electron chi connectivity index (χ1n) is 26.5. The number of rotatable bonds is 15. The molecule has 12 N–H and O–H groups in total. The summed E-state index contributed by atoms with van der Waals surface area (Å²) in [6, 6.07) is 0. The number of carbonyl (C=O) groups is 1. The Morgan fingerprint density at radius 2 is 1.32 bits per heavy atom. The van der Waals surface area contributed by atoms with Crippen LogP contribution in [-0.4, -0.2) is 236 Å². The second-order valence-corrected chi connectivity index (χ2v) is 23.5. The third kappa shape index (κ3) is 10.2. The molecule has 0 aromatic rings. The molecule has 23 heteroatoms. The fraction of sp³-hybridized carbons (Fsp3) is 0.980. The fourth-order valence-corrected chi connectivity index (χ4v) is 15.1. The first-order valence-corrected chi connectivity index (χ1v) is 26.5. The highest BCUT2D eigenvalue weighted by Crippen LogP contribution is 2.71. The standard InChI is InChI=1S/C50H82O23/c1-20(16-65-45-41(62)37(58)36(57)31(15-51)70-45)6-11-50(64-5)21(2)33-30(73-50)14-25-23-13-27(52)26-12-22(7-9-48(26,3)24(23)8-10-49(25,33)4)69-47-42(63)38(59)43(72-46-40(61)35(56)29(54)18-67-46)32(71-47)19-68-44-39(60)34(55)28(53)17-66-44/h20-26,28-47,51,53-63H,6-19H2,1-5H3/t20-,21+,22+,23-,24+,25+,26-,28+,29-,30+,31-,32-,33+,34+,35+,36-,37+,38-,39-,40-,41-,42-,43-,44+,45-,46+,47-,48-,49+,50?/m1/s1. The molecule has 0 bridgehead atoms. The lowest BCUT2D eigenvalue weighted by Crippen LogP contribution is -2.64. The number of fused-ring (bicyclic) bond motifs is 7. The van der Waals surface area contributed by atoms with Gasteiger partial charge in [-0.1, -0.05) is 27.7 Å². The molecular weight excluding hydrogens is 969 g/mol. The summed E-state index contributed by atoms with van der Waals surface area (Å²) in [4.78, 5) is 14.6. The highest BCUT2D eigenvalue weighted by atomic mass is 16.8. The molecule has 0 amide bonds. The molecule has 9 rings (SSSR count). The lowest BCUT2D eigenvalue weighted by atomic mass is 9.44. The van der Waals surface area contributed by atoms with Gasteiger partial charge in [0.1, 0.15) is 91.2 Å². The number of aliphatic hydroxyl groups is 12. The van der Waals surface area contributed by atoms with Crippen LogP contribution in [0.2, 0.25) is 0 Å². The Labute approximate surface area is 424 Å². The summed E-state index contributed by atoms with van der Waals surface area (Å²) in [6.45, 7) is 7.23. The molecule has 4 aliphatic carbocycles. The number of methoxy groups -OCH3 is 1. The van der Waals surface area contributed by atoms with E-state index in [0.717, 1.165) is 19.3 Å². The third-order valence-electron chi connectivity index (χ3n) is 19.4. The van der Waals surface area contributed by atoms with Crippen molar-refractivity contribution in [2.45, 2.75) is 214 Å². The molecule has 0 radical (unpaired) electrons.